The molecule has 1 amide bonds. The molecular weight excluding hydrogens is 204 g/mol. The smallest absolute Gasteiger partial charge is 0.239 e. The normalized spacial score (nSPS) is 31.2. The highest BCUT2D eigenvalue weighted by Gasteiger charge is 2.41. The summed E-state index contributed by atoms with van der Waals surface area (Å²) in [4.78, 5) is 16.1. The largest absolute Gasteiger partial charge is 0.377 e. The van der Waals surface area contributed by atoms with Gasteiger partial charge in [0.2, 0.25) is 5.91 Å². The fraction of sp³-hybridized carbons (Fsp3) is 0.917. The molecule has 4 heteroatoms. The van der Waals surface area contributed by atoms with E-state index in [1.807, 2.05) is 11.9 Å². The second kappa shape index (κ2) is 4.72. The maximum atomic E-state index is 11.9. The van der Waals surface area contributed by atoms with Crippen LogP contribution in [0.3, 0.4) is 0 Å². The summed E-state index contributed by atoms with van der Waals surface area (Å²) < 4.78 is 5.67. The molecule has 2 aliphatic heterocycles. The first-order valence-corrected chi connectivity index (χ1v) is 6.22. The van der Waals surface area contributed by atoms with Gasteiger partial charge in [0.05, 0.1) is 18.8 Å². The number of likely N-dealkylation sites (N-methyl/N-ethyl adjacent to an activating group) is 1. The summed E-state index contributed by atoms with van der Waals surface area (Å²) in [7, 11) is 1.90. The third kappa shape index (κ3) is 2.23. The van der Waals surface area contributed by atoms with E-state index >= 15 is 0 Å². The molecule has 0 aromatic carbocycles. The Balaban J connectivity index is 1.93. The molecule has 2 fully saturated rings. The van der Waals surface area contributed by atoms with Crippen LogP contribution in [0, 0.1) is 0 Å². The molecule has 2 aliphatic rings. The molecule has 4 nitrogen and oxygen atoms in total. The summed E-state index contributed by atoms with van der Waals surface area (Å²) in [6, 6.07) is 0.574. The molecule has 2 saturated heterocycles. The summed E-state index contributed by atoms with van der Waals surface area (Å²) in [5.41, 5.74) is 0. The number of ether oxygens (including phenoxy) is 1. The highest BCUT2D eigenvalue weighted by molar-refractivity contribution is 5.82. The Labute approximate surface area is 97.5 Å². The number of carbonyl (C=O) groups excluding carboxylic acids is 1. The van der Waals surface area contributed by atoms with Gasteiger partial charge in [0, 0.05) is 26.2 Å². The van der Waals surface area contributed by atoms with Crippen LogP contribution in [0.2, 0.25) is 0 Å². The predicted molar refractivity (Wildman–Crippen MR) is 62.2 cm³/mol. The average Bonchev–Trinajstić information content (AvgIpc) is 2.64. The first kappa shape index (κ1) is 11.9. The molecule has 0 N–H and O–H groups in total. The van der Waals surface area contributed by atoms with Crippen molar-refractivity contribution in [1.82, 2.24) is 9.80 Å². The third-order valence-electron chi connectivity index (χ3n) is 3.62. The second-order valence-corrected chi connectivity index (χ2v) is 5.13. The third-order valence-corrected chi connectivity index (χ3v) is 3.62. The van der Waals surface area contributed by atoms with Crippen LogP contribution in [0.5, 0.6) is 0 Å². The number of fused-ring (bicyclic) bond motifs is 1. The number of carbonyl (C=O) groups is 1. The van der Waals surface area contributed by atoms with Gasteiger partial charge in [-0.2, -0.15) is 0 Å². The van der Waals surface area contributed by atoms with Crippen LogP contribution in [0.1, 0.15) is 26.7 Å². The Morgan fingerprint density at radius 1 is 1.38 bits per heavy atom. The molecule has 2 unspecified atom stereocenters. The van der Waals surface area contributed by atoms with Crippen molar-refractivity contribution in [2.24, 2.45) is 0 Å². The first-order chi connectivity index (χ1) is 7.59. The lowest BCUT2D eigenvalue weighted by Crippen LogP contribution is -2.55. The number of amides is 1. The van der Waals surface area contributed by atoms with Crippen molar-refractivity contribution in [3.8, 4) is 0 Å². The quantitative estimate of drug-likeness (QED) is 0.711. The zero-order chi connectivity index (χ0) is 11.7. The number of piperazine rings is 1. The van der Waals surface area contributed by atoms with Gasteiger partial charge >= 0.3 is 0 Å². The van der Waals surface area contributed by atoms with Gasteiger partial charge in [0.25, 0.3) is 0 Å². The second-order valence-electron chi connectivity index (χ2n) is 5.13. The molecule has 0 aliphatic carbocycles. The molecule has 2 atom stereocenters. The number of nitrogens with zero attached hydrogens (tertiary/aromatic N) is 2. The summed E-state index contributed by atoms with van der Waals surface area (Å²) >= 11 is 0. The Hall–Kier alpha value is -0.610. The summed E-state index contributed by atoms with van der Waals surface area (Å²) in [6.07, 6.45) is 2.37. The maximum absolute atomic E-state index is 11.9. The number of hydrogen-bond acceptors (Lipinski definition) is 3. The van der Waals surface area contributed by atoms with Crippen molar-refractivity contribution in [1.29, 1.82) is 0 Å². The number of hydrogen-bond donors (Lipinski definition) is 0. The van der Waals surface area contributed by atoms with E-state index < -0.39 is 0 Å². The van der Waals surface area contributed by atoms with Crippen molar-refractivity contribution >= 4 is 5.91 Å². The molecule has 0 aromatic rings. The lowest BCUT2D eigenvalue weighted by molar-refractivity contribution is -0.139. The monoisotopic (exact) mass is 226 g/mol. The maximum Gasteiger partial charge on any atom is 0.239 e. The van der Waals surface area contributed by atoms with Crippen LogP contribution in [0.4, 0.5) is 0 Å². The molecule has 2 heterocycles. The highest BCUT2D eigenvalue weighted by atomic mass is 16.5. The van der Waals surface area contributed by atoms with Crippen molar-refractivity contribution in [2.45, 2.75) is 44.9 Å². The van der Waals surface area contributed by atoms with E-state index in [9.17, 15) is 4.79 Å². The standard InChI is InChI=1S/C12H22N2O2/c1-9(2)16-8-10-4-5-11-12(15)13(3)6-7-14(10)11/h9-11H,4-8H2,1-3H3. The van der Waals surface area contributed by atoms with E-state index in [1.54, 1.807) is 0 Å². The Morgan fingerprint density at radius 3 is 2.81 bits per heavy atom. The van der Waals surface area contributed by atoms with Crippen LogP contribution >= 0.6 is 0 Å². The molecule has 0 aromatic heterocycles. The topological polar surface area (TPSA) is 32.8 Å². The van der Waals surface area contributed by atoms with E-state index in [0.29, 0.717) is 11.9 Å². The van der Waals surface area contributed by atoms with Gasteiger partial charge in [-0.05, 0) is 26.7 Å². The van der Waals surface area contributed by atoms with Gasteiger partial charge in [-0.3, -0.25) is 9.69 Å². The minimum absolute atomic E-state index is 0.125. The van der Waals surface area contributed by atoms with E-state index in [2.05, 4.69) is 18.7 Å². The van der Waals surface area contributed by atoms with E-state index in [4.69, 9.17) is 4.74 Å². The van der Waals surface area contributed by atoms with Crippen molar-refractivity contribution in [3.63, 3.8) is 0 Å². The fourth-order valence-electron chi connectivity index (χ4n) is 2.65. The Morgan fingerprint density at radius 2 is 2.12 bits per heavy atom. The highest BCUT2D eigenvalue weighted by Crippen LogP contribution is 2.28. The van der Waals surface area contributed by atoms with Crippen LogP contribution < -0.4 is 0 Å². The minimum atomic E-state index is 0.125. The minimum Gasteiger partial charge on any atom is -0.377 e. The Bertz CT molecular complexity index is 268. The lowest BCUT2D eigenvalue weighted by Gasteiger charge is -2.37. The summed E-state index contributed by atoms with van der Waals surface area (Å²) in [6.45, 7) is 6.74. The molecule has 16 heavy (non-hydrogen) atoms. The van der Waals surface area contributed by atoms with Gasteiger partial charge < -0.3 is 9.64 Å². The van der Waals surface area contributed by atoms with E-state index in [1.165, 1.54) is 0 Å². The predicted octanol–water partition coefficient (Wildman–Crippen LogP) is 0.716. The number of rotatable bonds is 3. The molecule has 0 spiro atoms. The molecule has 0 saturated carbocycles. The van der Waals surface area contributed by atoms with E-state index in [0.717, 1.165) is 32.5 Å². The molecular formula is C12H22N2O2. The summed E-state index contributed by atoms with van der Waals surface area (Å²) in [5.74, 6) is 0.290. The van der Waals surface area contributed by atoms with Crippen molar-refractivity contribution < 1.29 is 9.53 Å². The Kier molecular flexibility index (Phi) is 3.50. The zero-order valence-corrected chi connectivity index (χ0v) is 10.5. The van der Waals surface area contributed by atoms with Gasteiger partial charge in [-0.25, -0.2) is 0 Å². The average molecular weight is 226 g/mol. The van der Waals surface area contributed by atoms with Gasteiger partial charge in [-0.15, -0.1) is 0 Å². The van der Waals surface area contributed by atoms with Gasteiger partial charge in [0.15, 0.2) is 0 Å². The van der Waals surface area contributed by atoms with Crippen LogP contribution in [-0.2, 0) is 9.53 Å². The fourth-order valence-corrected chi connectivity index (χ4v) is 2.65. The van der Waals surface area contributed by atoms with Crippen LogP contribution in [0.25, 0.3) is 0 Å². The van der Waals surface area contributed by atoms with Gasteiger partial charge in [0.1, 0.15) is 0 Å². The lowest BCUT2D eigenvalue weighted by atomic mass is 10.1. The van der Waals surface area contributed by atoms with Crippen molar-refractivity contribution in [3.05, 3.63) is 0 Å². The SMILES string of the molecule is CC(C)OCC1CCC2C(=O)N(C)CCN12. The molecule has 92 valence electrons. The molecule has 2 rings (SSSR count). The summed E-state index contributed by atoms with van der Waals surface area (Å²) in [5, 5.41) is 0. The van der Waals surface area contributed by atoms with E-state index in [-0.39, 0.29) is 12.1 Å². The van der Waals surface area contributed by atoms with Crippen molar-refractivity contribution in [2.75, 3.05) is 26.7 Å². The zero-order valence-electron chi connectivity index (χ0n) is 10.5. The van der Waals surface area contributed by atoms with Crippen LogP contribution in [-0.4, -0.2) is 60.6 Å². The molecule has 0 radical (unpaired) electrons. The van der Waals surface area contributed by atoms with Gasteiger partial charge in [-0.1, -0.05) is 0 Å². The van der Waals surface area contributed by atoms with Crippen LogP contribution in [0.15, 0.2) is 0 Å². The molecule has 0 bridgehead atoms. The first-order valence-electron chi connectivity index (χ1n) is 6.22.